The quantitative estimate of drug-likeness (QED) is 0.326. The number of hydrogen-bond donors (Lipinski definition) is 1. The van der Waals surface area contributed by atoms with Crippen molar-refractivity contribution in [2.24, 2.45) is 0 Å². The highest BCUT2D eigenvalue weighted by atomic mass is 16.2. The van der Waals surface area contributed by atoms with Gasteiger partial charge in [-0.05, 0) is 67.6 Å². The third-order valence-corrected chi connectivity index (χ3v) is 8.59. The molecule has 9 heteroatoms. The molecule has 4 aromatic rings. The second-order valence-corrected chi connectivity index (χ2v) is 11.8. The molecule has 0 bridgehead atoms. The first kappa shape index (κ1) is 30.9. The summed E-state index contributed by atoms with van der Waals surface area (Å²) < 4.78 is 0. The van der Waals surface area contributed by atoms with Gasteiger partial charge in [-0.3, -0.25) is 24.1 Å². The Labute approximate surface area is 269 Å². The molecule has 0 unspecified atom stereocenters. The van der Waals surface area contributed by atoms with Crippen LogP contribution in [0.5, 0.6) is 0 Å². The summed E-state index contributed by atoms with van der Waals surface area (Å²) in [4.78, 5) is 61.0. The van der Waals surface area contributed by atoms with E-state index in [-0.39, 0.29) is 43.1 Å². The topological polar surface area (TPSA) is 93.3 Å². The molecule has 0 spiro atoms. The number of benzene rings is 4. The molecule has 234 valence electrons. The summed E-state index contributed by atoms with van der Waals surface area (Å²) in [6, 6.07) is 29.2. The molecule has 2 aliphatic rings. The van der Waals surface area contributed by atoms with Crippen LogP contribution in [0, 0.1) is 6.92 Å². The zero-order valence-electron chi connectivity index (χ0n) is 26.1. The van der Waals surface area contributed by atoms with Gasteiger partial charge >= 0.3 is 0 Å². The van der Waals surface area contributed by atoms with Crippen molar-refractivity contribution in [1.82, 2.24) is 9.80 Å². The van der Waals surface area contributed by atoms with Gasteiger partial charge in [-0.25, -0.2) is 4.90 Å². The van der Waals surface area contributed by atoms with E-state index in [1.807, 2.05) is 49.4 Å². The molecular formula is C37H37N5O4. The highest BCUT2D eigenvalue weighted by Crippen LogP contribution is 2.34. The lowest BCUT2D eigenvalue weighted by atomic mass is 9.98. The molecule has 1 fully saturated rings. The fraction of sp³-hybridized carbons (Fsp3) is 0.243. The van der Waals surface area contributed by atoms with Crippen LogP contribution >= 0.6 is 0 Å². The van der Waals surface area contributed by atoms with Crippen LogP contribution in [0.1, 0.15) is 32.7 Å². The van der Waals surface area contributed by atoms with Crippen LogP contribution in [0.2, 0.25) is 0 Å². The van der Waals surface area contributed by atoms with Gasteiger partial charge in [0.05, 0.1) is 17.9 Å². The molecule has 4 aromatic carbocycles. The maximum Gasteiger partial charge on any atom is 0.258 e. The number of rotatable bonds is 6. The minimum atomic E-state index is -0.328. The Morgan fingerprint density at radius 2 is 1.39 bits per heavy atom. The number of anilines is 3. The number of hydrogen-bond acceptors (Lipinski definition) is 6. The SMILES string of the molecule is Cc1ccc(-c2ccccc2C(=O)Nc2ccc(C(=O)N3CCC(=O)N(C(=O)CN4CCN(C)CC4)c4ccccc43)cc2)cc1. The second kappa shape index (κ2) is 13.5. The van der Waals surface area contributed by atoms with E-state index in [0.717, 1.165) is 42.9 Å². The first-order valence-electron chi connectivity index (χ1n) is 15.5. The smallest absolute Gasteiger partial charge is 0.258 e. The van der Waals surface area contributed by atoms with Gasteiger partial charge in [0, 0.05) is 56.0 Å². The standard InChI is InChI=1S/C37H37N5O4/c1-26-11-13-27(14-12-26)30-7-3-4-8-31(30)36(45)38-29-17-15-28(16-18-29)37(46)41-20-19-34(43)42(33-10-6-5-9-32(33)41)35(44)25-40-23-21-39(2)22-24-40/h3-18H,19-25H2,1-2H3,(H,38,45). The normalized spacial score (nSPS) is 15.7. The third kappa shape index (κ3) is 6.61. The maximum absolute atomic E-state index is 13.8. The molecule has 2 heterocycles. The van der Waals surface area contributed by atoms with Crippen molar-refractivity contribution in [1.29, 1.82) is 0 Å². The summed E-state index contributed by atoms with van der Waals surface area (Å²) in [5.41, 5.74) is 5.34. The van der Waals surface area contributed by atoms with Gasteiger partial charge in [0.15, 0.2) is 0 Å². The first-order chi connectivity index (χ1) is 22.3. The highest BCUT2D eigenvalue weighted by Gasteiger charge is 2.34. The van der Waals surface area contributed by atoms with Gasteiger partial charge in [0.2, 0.25) is 11.8 Å². The summed E-state index contributed by atoms with van der Waals surface area (Å²) >= 11 is 0. The first-order valence-corrected chi connectivity index (χ1v) is 15.5. The Balaban J connectivity index is 1.18. The highest BCUT2D eigenvalue weighted by molar-refractivity contribution is 6.20. The lowest BCUT2D eigenvalue weighted by Crippen LogP contribution is -2.50. The monoisotopic (exact) mass is 615 g/mol. The van der Waals surface area contributed by atoms with E-state index >= 15 is 0 Å². The number of fused-ring (bicyclic) bond motifs is 1. The molecule has 1 N–H and O–H groups in total. The Morgan fingerprint density at radius 1 is 0.739 bits per heavy atom. The Kier molecular flexibility index (Phi) is 9.05. The maximum atomic E-state index is 13.8. The third-order valence-electron chi connectivity index (χ3n) is 8.59. The fourth-order valence-corrected chi connectivity index (χ4v) is 5.92. The Morgan fingerprint density at radius 3 is 2.11 bits per heavy atom. The number of carbonyl (C=O) groups is 4. The van der Waals surface area contributed by atoms with Crippen molar-refractivity contribution in [3.8, 4) is 11.1 Å². The van der Waals surface area contributed by atoms with Crippen molar-refractivity contribution in [3.05, 3.63) is 114 Å². The lowest BCUT2D eigenvalue weighted by Gasteiger charge is -2.33. The van der Waals surface area contributed by atoms with Crippen molar-refractivity contribution in [2.45, 2.75) is 13.3 Å². The van der Waals surface area contributed by atoms with Gasteiger partial charge in [-0.2, -0.15) is 0 Å². The Hall–Kier alpha value is -5.12. The van der Waals surface area contributed by atoms with E-state index in [1.54, 1.807) is 59.5 Å². The summed E-state index contributed by atoms with van der Waals surface area (Å²) in [6.07, 6.45) is 0.0173. The minimum absolute atomic E-state index is 0.0173. The molecule has 6 rings (SSSR count). The molecule has 2 aliphatic heterocycles. The van der Waals surface area contributed by atoms with Crippen molar-refractivity contribution in [2.75, 3.05) is 61.4 Å². The number of para-hydroxylation sites is 2. The van der Waals surface area contributed by atoms with Gasteiger partial charge in [-0.1, -0.05) is 60.2 Å². The van der Waals surface area contributed by atoms with Crippen LogP contribution in [0.4, 0.5) is 17.1 Å². The predicted molar refractivity (Wildman–Crippen MR) is 180 cm³/mol. The molecule has 0 aliphatic carbocycles. The van der Waals surface area contributed by atoms with Crippen LogP contribution in [0.15, 0.2) is 97.1 Å². The van der Waals surface area contributed by atoms with Gasteiger partial charge in [-0.15, -0.1) is 0 Å². The average molecular weight is 616 g/mol. The van der Waals surface area contributed by atoms with Crippen molar-refractivity contribution >= 4 is 40.7 Å². The Bertz CT molecular complexity index is 1760. The predicted octanol–water partition coefficient (Wildman–Crippen LogP) is 5.07. The van der Waals surface area contributed by atoms with Crippen molar-refractivity contribution in [3.63, 3.8) is 0 Å². The molecule has 0 aromatic heterocycles. The number of nitrogens with zero attached hydrogens (tertiary/aromatic N) is 4. The number of nitrogens with one attached hydrogen (secondary N) is 1. The number of aryl methyl sites for hydroxylation is 1. The molecule has 9 nitrogen and oxygen atoms in total. The molecule has 4 amide bonds. The molecule has 0 atom stereocenters. The number of imide groups is 1. The zero-order chi connectivity index (χ0) is 32.2. The zero-order valence-corrected chi connectivity index (χ0v) is 26.1. The van der Waals surface area contributed by atoms with E-state index in [0.29, 0.717) is 28.2 Å². The molecule has 0 radical (unpaired) electrons. The van der Waals surface area contributed by atoms with Gasteiger partial charge in [0.25, 0.3) is 11.8 Å². The molecule has 46 heavy (non-hydrogen) atoms. The number of amides is 4. The van der Waals surface area contributed by atoms with E-state index in [1.165, 1.54) is 4.90 Å². The van der Waals surface area contributed by atoms with Crippen LogP contribution in [0.3, 0.4) is 0 Å². The van der Waals surface area contributed by atoms with E-state index in [2.05, 4.69) is 22.2 Å². The molecule has 0 saturated carbocycles. The van der Waals surface area contributed by atoms with Crippen molar-refractivity contribution < 1.29 is 19.2 Å². The number of carbonyl (C=O) groups excluding carboxylic acids is 4. The van der Waals surface area contributed by atoms with Crippen LogP contribution in [0.25, 0.3) is 11.1 Å². The summed E-state index contributed by atoms with van der Waals surface area (Å²) in [6.45, 7) is 5.55. The van der Waals surface area contributed by atoms with Crippen LogP contribution in [-0.4, -0.2) is 79.7 Å². The number of likely N-dealkylation sites (N-methyl/N-ethyl adjacent to an activating group) is 1. The lowest BCUT2D eigenvalue weighted by molar-refractivity contribution is -0.127. The van der Waals surface area contributed by atoms with Crippen LogP contribution < -0.4 is 15.1 Å². The summed E-state index contributed by atoms with van der Waals surface area (Å²) in [5, 5.41) is 2.95. The van der Waals surface area contributed by atoms with E-state index < -0.39 is 0 Å². The van der Waals surface area contributed by atoms with Gasteiger partial charge < -0.3 is 15.1 Å². The summed E-state index contributed by atoms with van der Waals surface area (Å²) in [5.74, 6) is -1.17. The van der Waals surface area contributed by atoms with E-state index in [9.17, 15) is 19.2 Å². The van der Waals surface area contributed by atoms with Crippen LogP contribution in [-0.2, 0) is 9.59 Å². The molecular weight excluding hydrogens is 578 g/mol. The summed E-state index contributed by atoms with van der Waals surface area (Å²) in [7, 11) is 2.05. The number of piperazine rings is 1. The largest absolute Gasteiger partial charge is 0.322 e. The van der Waals surface area contributed by atoms with Gasteiger partial charge in [0.1, 0.15) is 0 Å². The second-order valence-electron chi connectivity index (χ2n) is 11.8. The van der Waals surface area contributed by atoms with E-state index in [4.69, 9.17) is 0 Å². The molecule has 1 saturated heterocycles. The minimum Gasteiger partial charge on any atom is -0.322 e. The average Bonchev–Trinajstić information content (AvgIpc) is 3.22. The fourth-order valence-electron chi connectivity index (χ4n) is 5.92.